The Balaban J connectivity index is 1.62. The molecule has 1 atom stereocenters. The Morgan fingerprint density at radius 1 is 1.23 bits per heavy atom. The van der Waals surface area contributed by atoms with Crippen LogP contribution in [-0.4, -0.2) is 17.1 Å². The van der Waals surface area contributed by atoms with E-state index in [1.165, 1.54) is 22.7 Å². The number of thiophene rings is 1. The highest BCUT2D eigenvalue weighted by atomic mass is 35.5. The number of furan rings is 1. The van der Waals surface area contributed by atoms with E-state index in [4.69, 9.17) is 32.4 Å². The monoisotopic (exact) mass is 544 g/mol. The number of halogens is 2. The van der Waals surface area contributed by atoms with Gasteiger partial charge >= 0.3 is 5.97 Å². The second-order valence-corrected chi connectivity index (χ2v) is 10.4. The van der Waals surface area contributed by atoms with E-state index >= 15 is 0 Å². The van der Waals surface area contributed by atoms with Gasteiger partial charge in [0, 0.05) is 16.5 Å². The van der Waals surface area contributed by atoms with E-state index in [0.29, 0.717) is 47.7 Å². The third-order valence-corrected chi connectivity index (χ3v) is 8.17. The van der Waals surface area contributed by atoms with E-state index in [1.807, 2.05) is 23.6 Å². The molecule has 0 N–H and O–H groups in total. The molecule has 0 aliphatic carbocycles. The Morgan fingerprint density at radius 3 is 2.80 bits per heavy atom. The normalized spacial score (nSPS) is 15.8. The minimum atomic E-state index is -0.607. The molecular weight excluding hydrogens is 527 g/mol. The molecule has 35 heavy (non-hydrogen) atoms. The number of rotatable bonds is 5. The van der Waals surface area contributed by atoms with E-state index in [-0.39, 0.29) is 12.2 Å². The summed E-state index contributed by atoms with van der Waals surface area (Å²) < 4.78 is 13.2. The molecule has 6 nitrogen and oxygen atoms in total. The van der Waals surface area contributed by atoms with Gasteiger partial charge in [-0.25, -0.2) is 9.79 Å². The molecule has 0 amide bonds. The lowest BCUT2D eigenvalue weighted by Gasteiger charge is -2.23. The molecule has 1 aliphatic heterocycles. The number of ether oxygens (including phenoxy) is 1. The Hall–Kier alpha value is -2.91. The van der Waals surface area contributed by atoms with Crippen molar-refractivity contribution in [1.82, 2.24) is 4.57 Å². The number of hydrogen-bond donors (Lipinski definition) is 0. The molecule has 0 bridgehead atoms. The summed E-state index contributed by atoms with van der Waals surface area (Å²) in [4.78, 5) is 32.3. The molecule has 5 rings (SSSR count). The van der Waals surface area contributed by atoms with Gasteiger partial charge in [0.05, 0.1) is 32.5 Å². The van der Waals surface area contributed by atoms with Crippen LogP contribution in [0.4, 0.5) is 0 Å². The number of nitrogens with zero attached hydrogens (tertiary/aromatic N) is 2. The topological polar surface area (TPSA) is 73.8 Å². The van der Waals surface area contributed by atoms with Crippen LogP contribution in [0, 0.1) is 0 Å². The molecule has 3 aromatic heterocycles. The van der Waals surface area contributed by atoms with Gasteiger partial charge in [-0.3, -0.25) is 9.36 Å². The van der Waals surface area contributed by atoms with Crippen molar-refractivity contribution in [3.05, 3.63) is 99.5 Å². The van der Waals surface area contributed by atoms with Gasteiger partial charge in [-0.2, -0.15) is 0 Å². The highest BCUT2D eigenvalue weighted by Crippen LogP contribution is 2.35. The quantitative estimate of drug-likeness (QED) is 0.314. The summed E-state index contributed by atoms with van der Waals surface area (Å²) >= 11 is 15.2. The highest BCUT2D eigenvalue weighted by Gasteiger charge is 2.33. The molecule has 0 spiro atoms. The Kier molecular flexibility index (Phi) is 6.55. The minimum Gasteiger partial charge on any atom is -0.463 e. The molecule has 0 saturated heterocycles. The van der Waals surface area contributed by atoms with E-state index < -0.39 is 12.0 Å². The van der Waals surface area contributed by atoms with E-state index in [2.05, 4.69) is 4.99 Å². The maximum absolute atomic E-state index is 13.6. The van der Waals surface area contributed by atoms with Crippen LogP contribution in [0.2, 0.25) is 10.0 Å². The van der Waals surface area contributed by atoms with Crippen LogP contribution in [0.1, 0.15) is 30.5 Å². The van der Waals surface area contributed by atoms with Crippen molar-refractivity contribution < 1.29 is 13.9 Å². The Bertz CT molecular complexity index is 1640. The second-order valence-electron chi connectivity index (χ2n) is 7.62. The number of aromatic nitrogens is 1. The van der Waals surface area contributed by atoms with Crippen LogP contribution in [0.5, 0.6) is 0 Å². The van der Waals surface area contributed by atoms with Crippen LogP contribution >= 0.6 is 45.9 Å². The molecule has 0 unspecified atom stereocenters. The number of allylic oxidation sites excluding steroid dienone is 1. The van der Waals surface area contributed by atoms with E-state index in [1.54, 1.807) is 48.8 Å². The fourth-order valence-corrected chi connectivity index (χ4v) is 6.15. The van der Waals surface area contributed by atoms with Crippen LogP contribution in [0.15, 0.2) is 73.3 Å². The molecule has 178 valence electrons. The van der Waals surface area contributed by atoms with Gasteiger partial charge in [0.2, 0.25) is 0 Å². The standard InChI is InChI=1S/C25H18Cl2N2O4S2/c1-3-32-24(31)20-13(2)28-25-29(22(20)18-8-5-11-34-18)23(30)19(35-25)12-14-9-10-17(33-14)15-6-4-7-16(26)21(15)27/h4-12,22H,3H2,1-2H3/b19-12+/t22-/m0/s1. The number of esters is 1. The molecule has 1 aromatic carbocycles. The number of carbonyl (C=O) groups excluding carboxylic acids is 1. The van der Waals surface area contributed by atoms with Gasteiger partial charge in [-0.15, -0.1) is 11.3 Å². The van der Waals surface area contributed by atoms with Gasteiger partial charge in [0.1, 0.15) is 17.6 Å². The second kappa shape index (κ2) is 9.62. The van der Waals surface area contributed by atoms with Gasteiger partial charge < -0.3 is 9.15 Å². The Labute approximate surface area is 218 Å². The lowest BCUT2D eigenvalue weighted by molar-refractivity contribution is -0.139. The summed E-state index contributed by atoms with van der Waals surface area (Å²) in [5.74, 6) is 0.541. The maximum Gasteiger partial charge on any atom is 0.338 e. The van der Waals surface area contributed by atoms with Gasteiger partial charge in [0.15, 0.2) is 4.80 Å². The van der Waals surface area contributed by atoms with E-state index in [0.717, 1.165) is 4.88 Å². The van der Waals surface area contributed by atoms with Crippen molar-refractivity contribution in [3.63, 3.8) is 0 Å². The lowest BCUT2D eigenvalue weighted by atomic mass is 10.0. The zero-order chi connectivity index (χ0) is 24.7. The van der Waals surface area contributed by atoms with Gasteiger partial charge in [-0.1, -0.05) is 46.7 Å². The molecule has 0 fully saturated rings. The van der Waals surface area contributed by atoms with Crippen LogP contribution in [0.3, 0.4) is 0 Å². The minimum absolute atomic E-state index is 0.231. The first-order valence-corrected chi connectivity index (χ1v) is 13.1. The van der Waals surface area contributed by atoms with Crippen molar-refractivity contribution in [2.24, 2.45) is 4.99 Å². The first-order valence-electron chi connectivity index (χ1n) is 10.7. The molecule has 1 aliphatic rings. The summed E-state index contributed by atoms with van der Waals surface area (Å²) in [7, 11) is 0. The van der Waals surface area contributed by atoms with Crippen molar-refractivity contribution in [2.75, 3.05) is 6.61 Å². The SMILES string of the molecule is CCOC(=O)C1=C(C)N=c2s/c(=C/c3ccc(-c4cccc(Cl)c4Cl)o3)c(=O)n2[C@H]1c1cccs1. The number of fused-ring (bicyclic) bond motifs is 1. The number of carbonyl (C=O) groups is 1. The molecular formula is C25H18Cl2N2O4S2. The molecule has 4 heterocycles. The fraction of sp³-hybridized carbons (Fsp3) is 0.160. The summed E-state index contributed by atoms with van der Waals surface area (Å²) in [6.07, 6.45) is 1.67. The van der Waals surface area contributed by atoms with Crippen LogP contribution in [0.25, 0.3) is 17.4 Å². The third-order valence-electron chi connectivity index (χ3n) is 5.45. The predicted octanol–water partition coefficient (Wildman–Crippen LogP) is 5.43. The van der Waals surface area contributed by atoms with Crippen molar-refractivity contribution in [1.29, 1.82) is 0 Å². The molecule has 10 heteroatoms. The van der Waals surface area contributed by atoms with Gasteiger partial charge in [0.25, 0.3) is 5.56 Å². The van der Waals surface area contributed by atoms with Crippen molar-refractivity contribution in [2.45, 2.75) is 19.9 Å². The summed E-state index contributed by atoms with van der Waals surface area (Å²) in [5, 5.41) is 2.73. The smallest absolute Gasteiger partial charge is 0.338 e. The van der Waals surface area contributed by atoms with Crippen LogP contribution in [-0.2, 0) is 9.53 Å². The average molecular weight is 545 g/mol. The first kappa shape index (κ1) is 23.8. The summed E-state index contributed by atoms with van der Waals surface area (Å²) in [5.41, 5.74) is 1.29. The fourth-order valence-electron chi connectivity index (χ4n) is 3.91. The third kappa shape index (κ3) is 4.31. The van der Waals surface area contributed by atoms with Crippen LogP contribution < -0.4 is 14.9 Å². The first-order chi connectivity index (χ1) is 16.9. The molecule has 0 saturated carbocycles. The number of hydrogen-bond acceptors (Lipinski definition) is 7. The summed E-state index contributed by atoms with van der Waals surface area (Å²) in [6.45, 7) is 3.74. The highest BCUT2D eigenvalue weighted by molar-refractivity contribution is 7.10. The predicted molar refractivity (Wildman–Crippen MR) is 139 cm³/mol. The number of thiazole rings is 1. The van der Waals surface area contributed by atoms with Crippen molar-refractivity contribution in [3.8, 4) is 11.3 Å². The average Bonchev–Trinajstić information content (AvgIpc) is 3.57. The number of benzene rings is 1. The van der Waals surface area contributed by atoms with Gasteiger partial charge in [-0.05, 0) is 49.6 Å². The zero-order valence-electron chi connectivity index (χ0n) is 18.6. The summed E-state index contributed by atoms with van der Waals surface area (Å²) in [6, 6.07) is 12.0. The van der Waals surface area contributed by atoms with Crippen molar-refractivity contribution >= 4 is 57.9 Å². The van der Waals surface area contributed by atoms with E-state index in [9.17, 15) is 9.59 Å². The molecule has 0 radical (unpaired) electrons. The lowest BCUT2D eigenvalue weighted by Crippen LogP contribution is -2.39. The largest absolute Gasteiger partial charge is 0.463 e. The Morgan fingerprint density at radius 2 is 2.06 bits per heavy atom. The molecule has 4 aromatic rings. The maximum atomic E-state index is 13.6. The zero-order valence-corrected chi connectivity index (χ0v) is 21.7.